The van der Waals surface area contributed by atoms with Crippen LogP contribution in [0.3, 0.4) is 0 Å². The molecular weight excluding hydrogens is 262 g/mol. The Kier molecular flexibility index (Phi) is 3.36. The Balaban J connectivity index is 1.78. The highest BCUT2D eigenvalue weighted by Crippen LogP contribution is 2.60. The first kappa shape index (κ1) is 14.6. The van der Waals surface area contributed by atoms with Crippen LogP contribution in [0.4, 0.5) is 0 Å². The quantitative estimate of drug-likeness (QED) is 0.928. The molecule has 2 aliphatic carbocycles. The summed E-state index contributed by atoms with van der Waals surface area (Å²) in [5.41, 5.74) is 2.06. The minimum absolute atomic E-state index is 0.0831. The van der Waals surface area contributed by atoms with Crippen molar-refractivity contribution in [3.8, 4) is 0 Å². The van der Waals surface area contributed by atoms with E-state index < -0.39 is 5.60 Å². The van der Waals surface area contributed by atoms with Crippen molar-refractivity contribution in [3.05, 3.63) is 35.4 Å². The summed E-state index contributed by atoms with van der Waals surface area (Å²) >= 11 is 0. The second-order valence-electron chi connectivity index (χ2n) is 7.43. The molecule has 2 unspecified atom stereocenters. The van der Waals surface area contributed by atoms with E-state index >= 15 is 0 Å². The Labute approximate surface area is 127 Å². The smallest absolute Gasteiger partial charge is 0.226 e. The number of hydrogen-bond donors (Lipinski definition) is 1. The van der Waals surface area contributed by atoms with Gasteiger partial charge in [0.15, 0.2) is 0 Å². The van der Waals surface area contributed by atoms with Crippen molar-refractivity contribution in [1.82, 2.24) is 4.90 Å². The highest BCUT2D eigenvalue weighted by Gasteiger charge is 2.60. The minimum Gasteiger partial charge on any atom is -0.389 e. The Morgan fingerprint density at radius 3 is 2.86 bits per heavy atom. The predicted octanol–water partition coefficient (Wildman–Crippen LogP) is 2.51. The summed E-state index contributed by atoms with van der Waals surface area (Å²) in [5, 5.41) is 9.90. The number of nitrogens with zero attached hydrogens (tertiary/aromatic N) is 1. The number of benzene rings is 1. The molecule has 3 rings (SSSR count). The lowest BCUT2D eigenvalue weighted by atomic mass is 9.78. The summed E-state index contributed by atoms with van der Waals surface area (Å²) in [6, 6.07) is 8.60. The number of likely N-dealkylation sites (N-methyl/N-ethyl adjacent to an activating group) is 1. The monoisotopic (exact) mass is 287 g/mol. The first-order valence-electron chi connectivity index (χ1n) is 7.89. The predicted molar refractivity (Wildman–Crippen MR) is 83.1 cm³/mol. The third-order valence-corrected chi connectivity index (χ3v) is 5.00. The van der Waals surface area contributed by atoms with E-state index in [2.05, 4.69) is 24.3 Å². The first-order valence-corrected chi connectivity index (χ1v) is 7.89. The molecule has 1 aromatic rings. The molecule has 114 valence electrons. The van der Waals surface area contributed by atoms with Crippen LogP contribution in [0.15, 0.2) is 24.3 Å². The van der Waals surface area contributed by atoms with Crippen molar-refractivity contribution in [1.29, 1.82) is 0 Å². The molecule has 0 heterocycles. The first-order chi connectivity index (χ1) is 9.83. The van der Waals surface area contributed by atoms with E-state index in [0.717, 1.165) is 19.3 Å². The molecule has 3 heteroatoms. The fourth-order valence-electron chi connectivity index (χ4n) is 4.08. The molecule has 3 nitrogen and oxygen atoms in total. The molecule has 1 amide bonds. The molecule has 0 aliphatic heterocycles. The third-order valence-electron chi connectivity index (χ3n) is 5.00. The molecule has 0 radical (unpaired) electrons. The summed E-state index contributed by atoms with van der Waals surface area (Å²) in [5.74, 6) is 0.292. The van der Waals surface area contributed by atoms with Gasteiger partial charge in [-0.15, -0.1) is 0 Å². The molecule has 1 aromatic carbocycles. The highest BCUT2D eigenvalue weighted by atomic mass is 16.3. The SMILES string of the molecule is CN(CC(C)(C)O)C(=O)C1CC12CCCc1ccccc12. The fourth-order valence-corrected chi connectivity index (χ4v) is 4.08. The van der Waals surface area contributed by atoms with Gasteiger partial charge < -0.3 is 10.0 Å². The lowest BCUT2D eigenvalue weighted by Gasteiger charge is -2.29. The van der Waals surface area contributed by atoms with Crippen molar-refractivity contribution < 1.29 is 9.90 Å². The Morgan fingerprint density at radius 2 is 2.14 bits per heavy atom. The number of carbonyl (C=O) groups is 1. The maximum absolute atomic E-state index is 12.7. The van der Waals surface area contributed by atoms with Crippen LogP contribution in [0.25, 0.3) is 0 Å². The van der Waals surface area contributed by atoms with Crippen molar-refractivity contribution >= 4 is 5.91 Å². The summed E-state index contributed by atoms with van der Waals surface area (Å²) in [4.78, 5) is 14.4. The van der Waals surface area contributed by atoms with Crippen LogP contribution in [0.5, 0.6) is 0 Å². The standard InChI is InChI=1S/C18H25NO2/c1-17(2,21)12-19(3)16(20)15-11-18(15)10-6-8-13-7-4-5-9-14(13)18/h4-5,7,9,15,21H,6,8,10-12H2,1-3H3. The van der Waals surface area contributed by atoms with Gasteiger partial charge in [0.2, 0.25) is 5.91 Å². The number of amides is 1. The van der Waals surface area contributed by atoms with E-state index in [9.17, 15) is 9.90 Å². The zero-order valence-electron chi connectivity index (χ0n) is 13.2. The number of fused-ring (bicyclic) bond motifs is 2. The molecule has 1 fully saturated rings. The van der Waals surface area contributed by atoms with Gasteiger partial charge in [0.25, 0.3) is 0 Å². The van der Waals surface area contributed by atoms with Gasteiger partial charge in [-0.3, -0.25) is 4.79 Å². The van der Waals surface area contributed by atoms with Crippen molar-refractivity contribution in [3.63, 3.8) is 0 Å². The average molecular weight is 287 g/mol. The van der Waals surface area contributed by atoms with Gasteiger partial charge in [0, 0.05) is 24.9 Å². The van der Waals surface area contributed by atoms with Gasteiger partial charge in [0.05, 0.1) is 5.60 Å². The van der Waals surface area contributed by atoms with E-state index in [0.29, 0.717) is 6.54 Å². The topological polar surface area (TPSA) is 40.5 Å². The van der Waals surface area contributed by atoms with Crippen molar-refractivity contribution in [2.75, 3.05) is 13.6 Å². The van der Waals surface area contributed by atoms with Crippen molar-refractivity contribution in [2.45, 2.75) is 50.5 Å². The molecule has 1 saturated carbocycles. The van der Waals surface area contributed by atoms with E-state index in [1.54, 1.807) is 25.8 Å². The van der Waals surface area contributed by atoms with Crippen LogP contribution in [0, 0.1) is 5.92 Å². The van der Waals surface area contributed by atoms with Gasteiger partial charge in [-0.05, 0) is 50.7 Å². The maximum Gasteiger partial charge on any atom is 0.226 e. The Hall–Kier alpha value is -1.35. The van der Waals surface area contributed by atoms with Crippen LogP contribution in [0.2, 0.25) is 0 Å². The van der Waals surface area contributed by atoms with Gasteiger partial charge in [0.1, 0.15) is 0 Å². The number of rotatable bonds is 3. The van der Waals surface area contributed by atoms with Gasteiger partial charge in [-0.2, -0.15) is 0 Å². The van der Waals surface area contributed by atoms with Crippen LogP contribution >= 0.6 is 0 Å². The molecule has 1 spiro atoms. The average Bonchev–Trinajstić information content (AvgIpc) is 3.11. The van der Waals surface area contributed by atoms with Gasteiger partial charge >= 0.3 is 0 Å². The van der Waals surface area contributed by atoms with Crippen LogP contribution in [-0.2, 0) is 16.6 Å². The largest absolute Gasteiger partial charge is 0.389 e. The second-order valence-corrected chi connectivity index (χ2v) is 7.43. The molecule has 21 heavy (non-hydrogen) atoms. The minimum atomic E-state index is -0.836. The summed E-state index contributed by atoms with van der Waals surface area (Å²) in [6.07, 6.45) is 4.41. The fraction of sp³-hybridized carbons (Fsp3) is 0.611. The van der Waals surface area contributed by atoms with E-state index in [4.69, 9.17) is 0 Å². The van der Waals surface area contributed by atoms with Crippen molar-refractivity contribution in [2.24, 2.45) is 5.92 Å². The lowest BCUT2D eigenvalue weighted by Crippen LogP contribution is -2.41. The number of aliphatic hydroxyl groups is 1. The van der Waals surface area contributed by atoms with E-state index in [1.165, 1.54) is 17.5 Å². The van der Waals surface area contributed by atoms with Crippen LogP contribution < -0.4 is 0 Å². The van der Waals surface area contributed by atoms with Crippen LogP contribution in [-0.4, -0.2) is 35.1 Å². The van der Waals surface area contributed by atoms with E-state index in [1.807, 2.05) is 0 Å². The zero-order valence-corrected chi connectivity index (χ0v) is 13.2. The molecule has 0 bridgehead atoms. The summed E-state index contributed by atoms with van der Waals surface area (Å²) in [6.45, 7) is 3.88. The molecule has 1 N–H and O–H groups in total. The van der Waals surface area contributed by atoms with Gasteiger partial charge in [-0.25, -0.2) is 0 Å². The third kappa shape index (κ3) is 2.59. The number of carbonyl (C=O) groups excluding carboxylic acids is 1. The normalized spacial score (nSPS) is 27.3. The lowest BCUT2D eigenvalue weighted by molar-refractivity contribution is -0.134. The highest BCUT2D eigenvalue weighted by molar-refractivity contribution is 5.84. The molecule has 0 aromatic heterocycles. The summed E-state index contributed by atoms with van der Waals surface area (Å²) in [7, 11) is 1.81. The Bertz CT molecular complexity index is 561. The molecule has 2 aliphatic rings. The van der Waals surface area contributed by atoms with E-state index in [-0.39, 0.29) is 17.2 Å². The molecule has 2 atom stereocenters. The summed E-state index contributed by atoms with van der Waals surface area (Å²) < 4.78 is 0. The number of hydrogen-bond acceptors (Lipinski definition) is 2. The van der Waals surface area contributed by atoms with Gasteiger partial charge in [-0.1, -0.05) is 24.3 Å². The Morgan fingerprint density at radius 1 is 1.43 bits per heavy atom. The maximum atomic E-state index is 12.7. The molecular formula is C18H25NO2. The zero-order chi connectivity index (χ0) is 15.3. The molecule has 0 saturated heterocycles. The van der Waals surface area contributed by atoms with Crippen LogP contribution in [0.1, 0.15) is 44.2 Å². The second kappa shape index (κ2) is 4.84. The number of aryl methyl sites for hydroxylation is 1.